The van der Waals surface area contributed by atoms with Gasteiger partial charge in [-0.1, -0.05) is 17.7 Å². The summed E-state index contributed by atoms with van der Waals surface area (Å²) >= 11 is 5.84. The maximum Gasteiger partial charge on any atom is 0.244 e. The molecule has 0 bridgehead atoms. The molecule has 1 amide bonds. The van der Waals surface area contributed by atoms with Crippen molar-refractivity contribution in [3.05, 3.63) is 41.8 Å². The van der Waals surface area contributed by atoms with Crippen LogP contribution in [0.2, 0.25) is 5.02 Å². The van der Waals surface area contributed by atoms with Gasteiger partial charge in [0.25, 0.3) is 0 Å². The molecule has 7 heteroatoms. The van der Waals surface area contributed by atoms with Crippen LogP contribution in [0.5, 0.6) is 0 Å². The van der Waals surface area contributed by atoms with Crippen molar-refractivity contribution >= 4 is 23.3 Å². The molecule has 2 aromatic rings. The highest BCUT2D eigenvalue weighted by Crippen LogP contribution is 2.20. The van der Waals surface area contributed by atoms with Crippen molar-refractivity contribution in [2.45, 2.75) is 25.4 Å². The van der Waals surface area contributed by atoms with E-state index in [4.69, 9.17) is 11.6 Å². The van der Waals surface area contributed by atoms with E-state index < -0.39 is 0 Å². The second-order valence-corrected chi connectivity index (χ2v) is 6.23. The van der Waals surface area contributed by atoms with Crippen LogP contribution < -0.4 is 4.90 Å². The molecule has 0 saturated carbocycles. The van der Waals surface area contributed by atoms with E-state index in [-0.39, 0.29) is 18.5 Å². The number of anilines is 1. The zero-order chi connectivity index (χ0) is 16.2. The van der Waals surface area contributed by atoms with Gasteiger partial charge >= 0.3 is 0 Å². The number of piperidine rings is 1. The quantitative estimate of drug-likeness (QED) is 0.859. The molecule has 0 aromatic carbocycles. The molecule has 1 atom stereocenters. The number of carbonyl (C=O) groups is 1. The van der Waals surface area contributed by atoms with E-state index >= 15 is 0 Å². The molecule has 1 aliphatic heterocycles. The van der Waals surface area contributed by atoms with Crippen molar-refractivity contribution < 1.29 is 4.79 Å². The Labute approximate surface area is 140 Å². The molecule has 0 N–H and O–H groups in total. The molecule has 1 aliphatic rings. The molecule has 0 radical (unpaired) electrons. The Morgan fingerprint density at radius 1 is 1.48 bits per heavy atom. The van der Waals surface area contributed by atoms with Gasteiger partial charge in [-0.2, -0.15) is 5.10 Å². The van der Waals surface area contributed by atoms with Gasteiger partial charge in [-0.05, 0) is 25.0 Å². The fourth-order valence-electron chi connectivity index (χ4n) is 2.90. The van der Waals surface area contributed by atoms with Gasteiger partial charge in [0.1, 0.15) is 12.4 Å². The molecule has 0 spiro atoms. The molecular weight excluding hydrogens is 314 g/mol. The molecule has 3 rings (SSSR count). The number of rotatable bonds is 4. The van der Waals surface area contributed by atoms with Gasteiger partial charge in [0, 0.05) is 38.6 Å². The molecule has 1 saturated heterocycles. The zero-order valence-electron chi connectivity index (χ0n) is 13.1. The molecular formula is C16H20ClN5O. The lowest BCUT2D eigenvalue weighted by atomic mass is 10.0. The van der Waals surface area contributed by atoms with E-state index in [0.717, 1.165) is 31.7 Å². The lowest BCUT2D eigenvalue weighted by molar-refractivity contribution is -0.133. The lowest BCUT2D eigenvalue weighted by Gasteiger charge is -2.38. The van der Waals surface area contributed by atoms with Crippen molar-refractivity contribution in [3.63, 3.8) is 0 Å². The SMILES string of the molecule is CN(C(=O)Cn1cc(Cl)cn1)[C@@H]1CCCN(c2ccccn2)C1. The minimum absolute atomic E-state index is 0.0395. The molecule has 1 fully saturated rings. The fraction of sp³-hybridized carbons (Fsp3) is 0.438. The van der Waals surface area contributed by atoms with Crippen LogP contribution in [0.1, 0.15) is 12.8 Å². The van der Waals surface area contributed by atoms with Gasteiger partial charge in [-0.3, -0.25) is 9.48 Å². The first-order valence-electron chi connectivity index (χ1n) is 7.73. The number of aromatic nitrogens is 3. The second kappa shape index (κ2) is 7.00. The van der Waals surface area contributed by atoms with Crippen LogP contribution in [0.3, 0.4) is 0 Å². The third-order valence-corrected chi connectivity index (χ3v) is 4.41. The normalized spacial score (nSPS) is 18.0. The van der Waals surface area contributed by atoms with Gasteiger partial charge < -0.3 is 9.80 Å². The molecule has 3 heterocycles. The van der Waals surface area contributed by atoms with Crippen molar-refractivity contribution in [3.8, 4) is 0 Å². The highest BCUT2D eigenvalue weighted by molar-refractivity contribution is 6.30. The molecule has 6 nitrogen and oxygen atoms in total. The number of amides is 1. The largest absolute Gasteiger partial charge is 0.355 e. The summed E-state index contributed by atoms with van der Waals surface area (Å²) in [5, 5.41) is 4.60. The topological polar surface area (TPSA) is 54.3 Å². The predicted octanol–water partition coefficient (Wildman–Crippen LogP) is 2.06. The van der Waals surface area contributed by atoms with Crippen molar-refractivity contribution in [2.24, 2.45) is 0 Å². The first-order chi connectivity index (χ1) is 11.1. The van der Waals surface area contributed by atoms with Crippen molar-refractivity contribution in [2.75, 3.05) is 25.0 Å². The Bertz CT molecular complexity index is 660. The third kappa shape index (κ3) is 3.82. The summed E-state index contributed by atoms with van der Waals surface area (Å²) in [6, 6.07) is 6.10. The summed E-state index contributed by atoms with van der Waals surface area (Å²) < 4.78 is 1.57. The Hall–Kier alpha value is -2.08. The third-order valence-electron chi connectivity index (χ3n) is 4.21. The van der Waals surface area contributed by atoms with Crippen LogP contribution in [0, 0.1) is 0 Å². The number of carbonyl (C=O) groups excluding carboxylic acids is 1. The van der Waals surface area contributed by atoms with Crippen LogP contribution in [-0.4, -0.2) is 51.8 Å². The highest BCUT2D eigenvalue weighted by atomic mass is 35.5. The van der Waals surface area contributed by atoms with E-state index in [1.165, 1.54) is 6.20 Å². The van der Waals surface area contributed by atoms with Crippen LogP contribution in [-0.2, 0) is 11.3 Å². The minimum atomic E-state index is 0.0395. The van der Waals surface area contributed by atoms with Crippen LogP contribution in [0.15, 0.2) is 36.8 Å². The first-order valence-corrected chi connectivity index (χ1v) is 8.11. The number of halogens is 1. The van der Waals surface area contributed by atoms with E-state index in [2.05, 4.69) is 15.0 Å². The average molecular weight is 334 g/mol. The summed E-state index contributed by atoms with van der Waals surface area (Å²) in [5.41, 5.74) is 0. The molecule has 0 unspecified atom stereocenters. The van der Waals surface area contributed by atoms with Gasteiger partial charge in [0.05, 0.1) is 11.2 Å². The Morgan fingerprint density at radius 2 is 2.35 bits per heavy atom. The van der Waals surface area contributed by atoms with Crippen molar-refractivity contribution in [1.82, 2.24) is 19.7 Å². The zero-order valence-corrected chi connectivity index (χ0v) is 13.9. The summed E-state index contributed by atoms with van der Waals surface area (Å²) in [6.07, 6.45) is 7.06. The predicted molar refractivity (Wildman–Crippen MR) is 89.5 cm³/mol. The molecule has 122 valence electrons. The minimum Gasteiger partial charge on any atom is -0.355 e. The monoisotopic (exact) mass is 333 g/mol. The summed E-state index contributed by atoms with van der Waals surface area (Å²) in [5.74, 6) is 1.01. The Morgan fingerprint density at radius 3 is 3.04 bits per heavy atom. The van der Waals surface area contributed by atoms with E-state index in [9.17, 15) is 4.79 Å². The summed E-state index contributed by atoms with van der Waals surface area (Å²) in [6.45, 7) is 1.99. The van der Waals surface area contributed by atoms with E-state index in [1.807, 2.05) is 30.1 Å². The number of hydrogen-bond donors (Lipinski definition) is 0. The maximum atomic E-state index is 12.5. The second-order valence-electron chi connectivity index (χ2n) is 5.79. The Kier molecular flexibility index (Phi) is 4.81. The number of nitrogens with zero attached hydrogens (tertiary/aromatic N) is 5. The van der Waals surface area contributed by atoms with Crippen LogP contribution in [0.25, 0.3) is 0 Å². The fourth-order valence-corrected chi connectivity index (χ4v) is 3.05. The lowest BCUT2D eigenvalue weighted by Crippen LogP contribution is -2.49. The van der Waals surface area contributed by atoms with Crippen molar-refractivity contribution in [1.29, 1.82) is 0 Å². The van der Waals surface area contributed by atoms with Gasteiger partial charge in [0.2, 0.25) is 5.91 Å². The molecule has 2 aromatic heterocycles. The summed E-state index contributed by atoms with van der Waals surface area (Å²) in [7, 11) is 1.86. The van der Waals surface area contributed by atoms with E-state index in [0.29, 0.717) is 5.02 Å². The van der Waals surface area contributed by atoms with Gasteiger partial charge in [0.15, 0.2) is 0 Å². The maximum absolute atomic E-state index is 12.5. The standard InChI is InChI=1S/C16H20ClN5O/c1-20(16(23)12-22-10-13(17)9-19-22)14-5-4-8-21(11-14)15-6-2-3-7-18-15/h2-3,6-7,9-10,14H,4-5,8,11-12H2,1H3/t14-/m1/s1. The van der Waals surface area contributed by atoms with E-state index in [1.54, 1.807) is 17.1 Å². The molecule has 23 heavy (non-hydrogen) atoms. The number of hydrogen-bond acceptors (Lipinski definition) is 4. The first kappa shape index (κ1) is 15.8. The summed E-state index contributed by atoms with van der Waals surface area (Å²) in [4.78, 5) is 20.9. The average Bonchev–Trinajstić information content (AvgIpc) is 3.00. The van der Waals surface area contributed by atoms with Gasteiger partial charge in [-0.15, -0.1) is 0 Å². The van der Waals surface area contributed by atoms with Crippen LogP contribution in [0.4, 0.5) is 5.82 Å². The van der Waals surface area contributed by atoms with Crippen LogP contribution >= 0.6 is 11.6 Å². The highest BCUT2D eigenvalue weighted by Gasteiger charge is 2.26. The Balaban J connectivity index is 1.62. The molecule has 0 aliphatic carbocycles. The number of likely N-dealkylation sites (N-methyl/N-ethyl adjacent to an activating group) is 1. The smallest absolute Gasteiger partial charge is 0.244 e. The van der Waals surface area contributed by atoms with Gasteiger partial charge in [-0.25, -0.2) is 4.98 Å². The number of pyridine rings is 1.